The van der Waals surface area contributed by atoms with Gasteiger partial charge in [0.05, 0.1) is 0 Å². The number of fused-ring (bicyclic) bond motifs is 7. The number of rotatable bonds is 3. The van der Waals surface area contributed by atoms with Crippen molar-refractivity contribution < 1.29 is 0 Å². The first-order valence-corrected chi connectivity index (χ1v) is 21.3. The van der Waals surface area contributed by atoms with Gasteiger partial charge >= 0.3 is 0 Å². The predicted molar refractivity (Wildman–Crippen MR) is 191 cm³/mol. The average molecular weight is 620 g/mol. The molecule has 9 aliphatic carbocycles. The summed E-state index contributed by atoms with van der Waals surface area (Å²) in [7, 11) is 0. The second kappa shape index (κ2) is 12.3. The van der Waals surface area contributed by atoms with Gasteiger partial charge in [0.25, 0.3) is 0 Å². The summed E-state index contributed by atoms with van der Waals surface area (Å²) in [4.78, 5) is 3.14. The van der Waals surface area contributed by atoms with Gasteiger partial charge in [-0.25, -0.2) is 0 Å². The van der Waals surface area contributed by atoms with E-state index in [1.807, 2.05) is 11.3 Å². The molecule has 10 aliphatic rings. The van der Waals surface area contributed by atoms with E-state index in [1.54, 1.807) is 76.2 Å². The quantitative estimate of drug-likeness (QED) is 0.284. The number of nitrogens with zero attached hydrogens (tertiary/aromatic N) is 1. The summed E-state index contributed by atoms with van der Waals surface area (Å²) in [6, 6.07) is 1.65. The smallest absolute Gasteiger partial charge is 0.0356 e. The molecule has 46 heavy (non-hydrogen) atoms. The SMILES string of the molecule is C1=CC2=CCC(N3C4=C(CCCC4)C4CC(C5CCC6C(C5)C5CCCCC5C6C5CCC6C=CCCC6C5)CCC43)CC2CC1. The highest BCUT2D eigenvalue weighted by molar-refractivity contribution is 5.33. The number of hydrogen-bond donors (Lipinski definition) is 0. The van der Waals surface area contributed by atoms with Crippen LogP contribution < -0.4 is 0 Å². The molecule has 0 aromatic carbocycles. The van der Waals surface area contributed by atoms with Crippen molar-refractivity contribution in [3.63, 3.8) is 0 Å². The fourth-order valence-corrected chi connectivity index (χ4v) is 15.6. The first-order chi connectivity index (χ1) is 22.8. The monoisotopic (exact) mass is 620 g/mol. The molecule has 0 radical (unpaired) electrons. The highest BCUT2D eigenvalue weighted by Gasteiger charge is 2.56. The molecule has 5 fully saturated rings. The van der Waals surface area contributed by atoms with Crippen LogP contribution in [0.5, 0.6) is 0 Å². The molecule has 0 amide bonds. The molecule has 0 aromatic rings. The minimum atomic E-state index is 0.795. The van der Waals surface area contributed by atoms with Crippen molar-refractivity contribution in [1.82, 2.24) is 4.90 Å². The fraction of sp³-hybridized carbons (Fsp3) is 0.822. The zero-order chi connectivity index (χ0) is 30.2. The lowest BCUT2D eigenvalue weighted by Crippen LogP contribution is -2.46. The highest BCUT2D eigenvalue weighted by atomic mass is 15.2. The predicted octanol–water partition coefficient (Wildman–Crippen LogP) is 11.8. The number of hydrogen-bond acceptors (Lipinski definition) is 1. The maximum atomic E-state index is 3.14. The van der Waals surface area contributed by atoms with Crippen molar-refractivity contribution >= 4 is 0 Å². The normalized spacial score (nSPS) is 49.7. The Balaban J connectivity index is 0.853. The van der Waals surface area contributed by atoms with E-state index >= 15 is 0 Å². The number of allylic oxidation sites excluding steroid dienone is 6. The molecule has 14 atom stereocenters. The summed E-state index contributed by atoms with van der Waals surface area (Å²) in [6.07, 6.45) is 47.3. The van der Waals surface area contributed by atoms with E-state index in [0.717, 1.165) is 83.1 Å². The molecule has 1 heterocycles. The Morgan fingerprint density at radius 3 is 2.39 bits per heavy atom. The molecule has 0 spiro atoms. The summed E-state index contributed by atoms with van der Waals surface area (Å²) >= 11 is 0. The van der Waals surface area contributed by atoms with Gasteiger partial charge in [-0.05, 0) is 211 Å². The molecule has 0 saturated heterocycles. The van der Waals surface area contributed by atoms with Gasteiger partial charge in [-0.1, -0.05) is 43.2 Å². The fourth-order valence-electron chi connectivity index (χ4n) is 15.6. The van der Waals surface area contributed by atoms with Crippen LogP contribution in [-0.4, -0.2) is 17.0 Å². The Morgan fingerprint density at radius 1 is 0.587 bits per heavy atom. The van der Waals surface area contributed by atoms with Crippen molar-refractivity contribution in [3.8, 4) is 0 Å². The lowest BCUT2D eigenvalue weighted by molar-refractivity contribution is 0.0428. The zero-order valence-electron chi connectivity index (χ0n) is 29.2. The molecule has 0 bridgehead atoms. The van der Waals surface area contributed by atoms with Crippen LogP contribution in [0.2, 0.25) is 0 Å². The third-order valence-electron chi connectivity index (χ3n) is 17.3. The third-order valence-corrected chi connectivity index (χ3v) is 17.3. The summed E-state index contributed by atoms with van der Waals surface area (Å²) in [5.41, 5.74) is 5.57. The molecule has 10 rings (SSSR count). The maximum absolute atomic E-state index is 3.14. The molecule has 1 nitrogen and oxygen atoms in total. The van der Waals surface area contributed by atoms with E-state index in [-0.39, 0.29) is 0 Å². The van der Waals surface area contributed by atoms with Crippen molar-refractivity contribution in [2.45, 2.75) is 160 Å². The molecule has 0 aromatic heterocycles. The van der Waals surface area contributed by atoms with Crippen LogP contribution in [0.1, 0.15) is 148 Å². The molecule has 14 unspecified atom stereocenters. The van der Waals surface area contributed by atoms with E-state index in [4.69, 9.17) is 0 Å². The van der Waals surface area contributed by atoms with Crippen LogP contribution in [0.4, 0.5) is 0 Å². The third kappa shape index (κ3) is 4.95. The van der Waals surface area contributed by atoms with Crippen LogP contribution in [-0.2, 0) is 0 Å². The van der Waals surface area contributed by atoms with Crippen LogP contribution in [0, 0.1) is 71.0 Å². The minimum absolute atomic E-state index is 0.795. The minimum Gasteiger partial charge on any atom is -0.368 e. The van der Waals surface area contributed by atoms with Gasteiger partial charge in [0, 0.05) is 23.7 Å². The zero-order valence-corrected chi connectivity index (χ0v) is 29.2. The first kappa shape index (κ1) is 29.7. The van der Waals surface area contributed by atoms with Crippen LogP contribution in [0.3, 0.4) is 0 Å². The maximum Gasteiger partial charge on any atom is 0.0356 e. The lowest BCUT2D eigenvalue weighted by Gasteiger charge is -2.48. The Bertz CT molecular complexity index is 1270. The van der Waals surface area contributed by atoms with E-state index in [2.05, 4.69) is 35.3 Å². The highest BCUT2D eigenvalue weighted by Crippen LogP contribution is 2.64. The first-order valence-electron chi connectivity index (χ1n) is 21.3. The summed E-state index contributed by atoms with van der Waals surface area (Å²) < 4.78 is 0. The van der Waals surface area contributed by atoms with Crippen molar-refractivity contribution in [1.29, 1.82) is 0 Å². The summed E-state index contributed by atoms with van der Waals surface area (Å²) in [6.45, 7) is 0. The molecule has 1 heteroatoms. The summed E-state index contributed by atoms with van der Waals surface area (Å²) in [5, 5.41) is 0. The topological polar surface area (TPSA) is 3.24 Å². The standard InChI is InChI=1S/C45H65N/c1-3-11-31-25-35(18-17-29(31)9-1)45-39-15-6-5-13-37(39)41-27-33(20-23-40(41)45)34-21-24-44-42(28-34)38-14-7-8-16-43(38)46(44)36-22-19-30-10-2-4-12-32(30)26-36/h1-2,9-10,19,29,31-37,39-42,44-45H,3-8,11-18,20-28H2. The van der Waals surface area contributed by atoms with E-state index in [9.17, 15) is 0 Å². The van der Waals surface area contributed by atoms with E-state index < -0.39 is 0 Å². The van der Waals surface area contributed by atoms with Crippen molar-refractivity contribution in [3.05, 3.63) is 47.2 Å². The van der Waals surface area contributed by atoms with Gasteiger partial charge in [-0.2, -0.15) is 0 Å². The van der Waals surface area contributed by atoms with Gasteiger partial charge in [-0.15, -0.1) is 0 Å². The second-order valence-corrected chi connectivity index (χ2v) is 18.9. The van der Waals surface area contributed by atoms with Crippen molar-refractivity contribution in [2.75, 3.05) is 0 Å². The lowest BCUT2D eigenvalue weighted by atomic mass is 9.60. The Kier molecular flexibility index (Phi) is 7.91. The van der Waals surface area contributed by atoms with Gasteiger partial charge < -0.3 is 4.90 Å². The molecule has 250 valence electrons. The average Bonchev–Trinajstić information content (AvgIpc) is 3.63. The Labute approximate surface area is 282 Å². The molecular formula is C45H65N. The van der Waals surface area contributed by atoms with Gasteiger partial charge in [0.1, 0.15) is 0 Å². The van der Waals surface area contributed by atoms with Crippen LogP contribution in [0.15, 0.2) is 47.2 Å². The molecule has 5 saturated carbocycles. The largest absolute Gasteiger partial charge is 0.368 e. The van der Waals surface area contributed by atoms with E-state index in [1.165, 1.54) is 77.0 Å². The van der Waals surface area contributed by atoms with Gasteiger partial charge in [-0.3, -0.25) is 0 Å². The molecular weight excluding hydrogens is 555 g/mol. The summed E-state index contributed by atoms with van der Waals surface area (Å²) in [5.74, 6) is 12.5. The van der Waals surface area contributed by atoms with Crippen molar-refractivity contribution in [2.24, 2.45) is 71.0 Å². The van der Waals surface area contributed by atoms with Gasteiger partial charge in [0.15, 0.2) is 0 Å². The molecule has 1 aliphatic heterocycles. The second-order valence-electron chi connectivity index (χ2n) is 18.9. The Hall–Kier alpha value is -1.24. The van der Waals surface area contributed by atoms with Crippen LogP contribution >= 0.6 is 0 Å². The van der Waals surface area contributed by atoms with Gasteiger partial charge in [0.2, 0.25) is 0 Å². The van der Waals surface area contributed by atoms with Crippen LogP contribution in [0.25, 0.3) is 0 Å². The molecule has 0 N–H and O–H groups in total. The Morgan fingerprint density at radius 2 is 1.41 bits per heavy atom. The van der Waals surface area contributed by atoms with E-state index in [0.29, 0.717) is 0 Å².